The predicted molar refractivity (Wildman–Crippen MR) is 105 cm³/mol. The molecule has 1 saturated heterocycles. The largest absolute Gasteiger partial charge is 0.465 e. The first kappa shape index (κ1) is 20.2. The van der Waals surface area contributed by atoms with Crippen LogP contribution in [0.1, 0.15) is 26.1 Å². The smallest absolute Gasteiger partial charge is 0.404 e. The van der Waals surface area contributed by atoms with Gasteiger partial charge in [-0.3, -0.25) is 0 Å². The van der Waals surface area contributed by atoms with Gasteiger partial charge in [0.05, 0.1) is 16.9 Å². The van der Waals surface area contributed by atoms with Gasteiger partial charge < -0.3 is 15.3 Å². The Labute approximate surface area is 174 Å². The summed E-state index contributed by atoms with van der Waals surface area (Å²) >= 11 is 6.07. The van der Waals surface area contributed by atoms with Crippen molar-refractivity contribution in [2.75, 3.05) is 11.4 Å². The number of nitrogens with zero attached hydrogens (tertiary/aromatic N) is 6. The third-order valence-electron chi connectivity index (χ3n) is 4.94. The lowest BCUT2D eigenvalue weighted by molar-refractivity contribution is 0.00763. The molecule has 9 nitrogen and oxygen atoms in total. The van der Waals surface area contributed by atoms with Crippen LogP contribution in [-0.2, 0) is 5.92 Å². The van der Waals surface area contributed by atoms with Crippen LogP contribution in [0.25, 0.3) is 16.7 Å². The molecule has 2 N–H and O–H groups in total. The second kappa shape index (κ2) is 7.31. The molecule has 158 valence electrons. The molecule has 1 aliphatic rings. The lowest BCUT2D eigenvalue weighted by Gasteiger charge is -2.21. The van der Waals surface area contributed by atoms with Gasteiger partial charge in [-0.2, -0.15) is 8.78 Å². The number of hydrogen-bond donors (Lipinski definition) is 2. The van der Waals surface area contributed by atoms with Crippen LogP contribution in [0.2, 0.25) is 5.15 Å². The van der Waals surface area contributed by atoms with Crippen LogP contribution in [0.3, 0.4) is 0 Å². The minimum Gasteiger partial charge on any atom is -0.465 e. The zero-order valence-corrected chi connectivity index (χ0v) is 16.8. The van der Waals surface area contributed by atoms with E-state index in [1.165, 1.54) is 16.9 Å². The highest BCUT2D eigenvalue weighted by molar-refractivity contribution is 6.30. The fourth-order valence-corrected chi connectivity index (χ4v) is 3.79. The highest BCUT2D eigenvalue weighted by Crippen LogP contribution is 2.33. The lowest BCUT2D eigenvalue weighted by Crippen LogP contribution is -2.36. The Bertz CT molecular complexity index is 1120. The van der Waals surface area contributed by atoms with E-state index in [0.29, 0.717) is 29.7 Å². The van der Waals surface area contributed by atoms with E-state index in [0.717, 1.165) is 6.92 Å². The molecular formula is C18H18ClF2N7O2. The number of pyridine rings is 1. The fourth-order valence-electron chi connectivity index (χ4n) is 3.64. The van der Waals surface area contributed by atoms with Crippen LogP contribution in [-0.4, -0.2) is 54.6 Å². The Morgan fingerprint density at radius 1 is 1.40 bits per heavy atom. The molecule has 30 heavy (non-hydrogen) atoms. The van der Waals surface area contributed by atoms with Crippen molar-refractivity contribution in [1.29, 1.82) is 0 Å². The number of aromatic nitrogens is 5. The Morgan fingerprint density at radius 2 is 2.17 bits per heavy atom. The first-order valence-electron chi connectivity index (χ1n) is 9.15. The van der Waals surface area contributed by atoms with E-state index in [1.54, 1.807) is 12.3 Å². The summed E-state index contributed by atoms with van der Waals surface area (Å²) in [5, 5.41) is 17.0. The minimum absolute atomic E-state index is 0.00925. The van der Waals surface area contributed by atoms with E-state index in [9.17, 15) is 13.6 Å². The molecule has 0 spiro atoms. The Morgan fingerprint density at radius 3 is 2.87 bits per heavy atom. The maximum Gasteiger partial charge on any atom is 0.404 e. The lowest BCUT2D eigenvalue weighted by atomic mass is 10.2. The van der Waals surface area contributed by atoms with Crippen molar-refractivity contribution in [2.45, 2.75) is 38.3 Å². The number of carboxylic acid groups (broad SMARTS) is 1. The molecule has 3 aromatic heterocycles. The molecular weight excluding hydrogens is 420 g/mol. The van der Waals surface area contributed by atoms with Gasteiger partial charge in [0, 0.05) is 44.0 Å². The number of rotatable bonds is 4. The molecule has 4 rings (SSSR count). The van der Waals surface area contributed by atoms with Gasteiger partial charge in [0.1, 0.15) is 5.15 Å². The van der Waals surface area contributed by atoms with Crippen LogP contribution in [0, 0.1) is 0 Å². The third-order valence-corrected chi connectivity index (χ3v) is 5.14. The monoisotopic (exact) mass is 437 g/mol. The number of amides is 1. The molecule has 1 aliphatic heterocycles. The highest BCUT2D eigenvalue weighted by atomic mass is 35.5. The van der Waals surface area contributed by atoms with Crippen molar-refractivity contribution in [1.82, 2.24) is 30.0 Å². The normalized spacial score (nSPS) is 19.4. The van der Waals surface area contributed by atoms with Gasteiger partial charge in [-0.05, 0) is 13.3 Å². The van der Waals surface area contributed by atoms with Crippen molar-refractivity contribution in [3.63, 3.8) is 0 Å². The standard InChI is InChI=1S/C18H18ClF2N7O2/c1-9-5-10(24-17(29)30)8-27(9)15-11-7-23-13(19)6-12(11)28(26-15)14-3-4-22-16(25-14)18(2,20)21/h3-4,6-7,9-10,24H,5,8H2,1-2H3,(H,29,30). The van der Waals surface area contributed by atoms with Crippen LogP contribution < -0.4 is 10.2 Å². The molecule has 3 aromatic rings. The number of alkyl halides is 2. The van der Waals surface area contributed by atoms with Crippen LogP contribution in [0.15, 0.2) is 24.5 Å². The van der Waals surface area contributed by atoms with Crippen LogP contribution >= 0.6 is 11.6 Å². The second-order valence-corrected chi connectivity index (χ2v) is 7.66. The quantitative estimate of drug-likeness (QED) is 0.603. The summed E-state index contributed by atoms with van der Waals surface area (Å²) in [6, 6.07) is 2.78. The summed E-state index contributed by atoms with van der Waals surface area (Å²) < 4.78 is 28.9. The summed E-state index contributed by atoms with van der Waals surface area (Å²) in [6.45, 7) is 3.09. The van der Waals surface area contributed by atoms with Gasteiger partial charge in [-0.25, -0.2) is 24.4 Å². The van der Waals surface area contributed by atoms with Crippen molar-refractivity contribution >= 4 is 34.4 Å². The van der Waals surface area contributed by atoms with E-state index in [-0.39, 0.29) is 23.1 Å². The Kier molecular flexibility index (Phi) is 4.92. The zero-order chi connectivity index (χ0) is 21.6. The predicted octanol–water partition coefficient (Wildman–Crippen LogP) is 3.21. The van der Waals surface area contributed by atoms with E-state index >= 15 is 0 Å². The minimum atomic E-state index is -3.21. The average molecular weight is 438 g/mol. The topological polar surface area (TPSA) is 109 Å². The highest BCUT2D eigenvalue weighted by Gasteiger charge is 2.34. The molecule has 0 bridgehead atoms. The number of anilines is 1. The van der Waals surface area contributed by atoms with Crippen LogP contribution in [0.5, 0.6) is 0 Å². The fraction of sp³-hybridized carbons (Fsp3) is 0.389. The molecule has 2 unspecified atom stereocenters. The van der Waals surface area contributed by atoms with E-state index in [4.69, 9.17) is 16.7 Å². The second-order valence-electron chi connectivity index (χ2n) is 7.27. The SMILES string of the molecule is CC1CC(NC(=O)O)CN1c1nn(-c2ccnc(C(C)(F)F)n2)c2cc(Cl)ncc12. The number of fused-ring (bicyclic) bond motifs is 1. The Balaban J connectivity index is 1.82. The Hall–Kier alpha value is -3.08. The molecule has 1 fully saturated rings. The molecule has 2 atom stereocenters. The van der Waals surface area contributed by atoms with Gasteiger partial charge in [0.2, 0.25) is 5.82 Å². The third kappa shape index (κ3) is 3.72. The molecule has 0 aliphatic carbocycles. The summed E-state index contributed by atoms with van der Waals surface area (Å²) in [7, 11) is 0. The summed E-state index contributed by atoms with van der Waals surface area (Å²) in [4.78, 5) is 24.7. The van der Waals surface area contributed by atoms with Crippen molar-refractivity contribution in [2.24, 2.45) is 0 Å². The molecule has 0 radical (unpaired) electrons. The summed E-state index contributed by atoms with van der Waals surface area (Å²) in [5.74, 6) is -3.13. The van der Waals surface area contributed by atoms with Crippen molar-refractivity contribution < 1.29 is 18.7 Å². The molecule has 0 saturated carbocycles. The van der Waals surface area contributed by atoms with E-state index < -0.39 is 17.8 Å². The first-order chi connectivity index (χ1) is 14.1. The number of carbonyl (C=O) groups is 1. The van der Waals surface area contributed by atoms with E-state index in [1.807, 2.05) is 11.8 Å². The van der Waals surface area contributed by atoms with E-state index in [2.05, 4.69) is 25.4 Å². The van der Waals surface area contributed by atoms with Crippen LogP contribution in [0.4, 0.5) is 19.4 Å². The first-order valence-corrected chi connectivity index (χ1v) is 9.53. The summed E-state index contributed by atoms with van der Waals surface area (Å²) in [5.41, 5.74) is 0.538. The molecule has 12 heteroatoms. The maximum absolute atomic E-state index is 13.7. The van der Waals surface area contributed by atoms with Gasteiger partial charge in [0.15, 0.2) is 11.6 Å². The van der Waals surface area contributed by atoms with Crippen molar-refractivity contribution in [3.8, 4) is 5.82 Å². The van der Waals surface area contributed by atoms with Gasteiger partial charge in [0.25, 0.3) is 0 Å². The number of hydrogen-bond acceptors (Lipinski definition) is 6. The number of halogens is 3. The van der Waals surface area contributed by atoms with Gasteiger partial charge in [-0.1, -0.05) is 11.6 Å². The number of nitrogens with one attached hydrogen (secondary N) is 1. The molecule has 4 heterocycles. The molecule has 0 aromatic carbocycles. The zero-order valence-electron chi connectivity index (χ0n) is 16.1. The molecule has 1 amide bonds. The summed E-state index contributed by atoms with van der Waals surface area (Å²) in [6.07, 6.45) is 2.31. The average Bonchev–Trinajstić information content (AvgIpc) is 3.20. The van der Waals surface area contributed by atoms with Gasteiger partial charge >= 0.3 is 12.0 Å². The maximum atomic E-state index is 13.7. The van der Waals surface area contributed by atoms with Crippen molar-refractivity contribution in [3.05, 3.63) is 35.5 Å². The van der Waals surface area contributed by atoms with Gasteiger partial charge in [-0.15, -0.1) is 5.10 Å².